The van der Waals surface area contributed by atoms with Crippen LogP contribution in [0.2, 0.25) is 5.02 Å². The fraction of sp³-hybridized carbons (Fsp3) is 0.350. The minimum atomic E-state index is -0.893. The first-order valence-electron chi connectivity index (χ1n) is 7.84. The highest BCUT2D eigenvalue weighted by Gasteiger charge is 2.10. The van der Waals surface area contributed by atoms with E-state index >= 15 is 0 Å². The second kappa shape index (κ2) is 9.33. The molecule has 1 aromatic rings. The Labute approximate surface area is 149 Å². The average molecular weight is 349 g/mol. The Morgan fingerprint density at radius 3 is 2.58 bits per heavy atom. The van der Waals surface area contributed by atoms with Crippen molar-refractivity contribution in [1.29, 1.82) is 0 Å². The van der Waals surface area contributed by atoms with Gasteiger partial charge in [0.2, 0.25) is 0 Å². The fourth-order valence-electron chi connectivity index (χ4n) is 2.43. The van der Waals surface area contributed by atoms with Crippen molar-refractivity contribution in [2.24, 2.45) is 0 Å². The van der Waals surface area contributed by atoms with E-state index < -0.39 is 5.97 Å². The van der Waals surface area contributed by atoms with Crippen LogP contribution in [0.1, 0.15) is 43.4 Å². The number of carboxylic acid groups (broad SMARTS) is 1. The van der Waals surface area contributed by atoms with Crippen molar-refractivity contribution < 1.29 is 14.6 Å². The van der Waals surface area contributed by atoms with E-state index in [-0.39, 0.29) is 0 Å². The van der Waals surface area contributed by atoms with Crippen molar-refractivity contribution in [3.8, 4) is 5.75 Å². The topological polar surface area (TPSA) is 46.5 Å². The van der Waals surface area contributed by atoms with Gasteiger partial charge in [-0.15, -0.1) is 0 Å². The molecule has 0 aliphatic carbocycles. The molecule has 0 heterocycles. The third-order valence-electron chi connectivity index (χ3n) is 3.83. The second-order valence-electron chi connectivity index (χ2n) is 5.90. The Kier molecular flexibility index (Phi) is 7.80. The van der Waals surface area contributed by atoms with Gasteiger partial charge in [-0.25, -0.2) is 4.79 Å². The lowest BCUT2D eigenvalue weighted by atomic mass is 10.0. The second-order valence-corrected chi connectivity index (χ2v) is 6.28. The number of carbonyl (C=O) groups is 1. The molecule has 0 saturated carbocycles. The minimum absolute atomic E-state index is 0.638. The number of halogens is 1. The van der Waals surface area contributed by atoms with Gasteiger partial charge in [-0.05, 0) is 63.3 Å². The zero-order valence-corrected chi connectivity index (χ0v) is 15.7. The summed E-state index contributed by atoms with van der Waals surface area (Å²) < 4.78 is 5.28. The lowest BCUT2D eigenvalue weighted by Crippen LogP contribution is -1.93. The molecule has 0 aromatic heterocycles. The number of hydrogen-bond acceptors (Lipinski definition) is 2. The quantitative estimate of drug-likeness (QED) is 0.505. The van der Waals surface area contributed by atoms with Crippen LogP contribution in [0.5, 0.6) is 5.75 Å². The molecule has 0 saturated heterocycles. The number of aliphatic carboxylic acids is 1. The van der Waals surface area contributed by atoms with Gasteiger partial charge in [0.15, 0.2) is 0 Å². The van der Waals surface area contributed by atoms with Gasteiger partial charge in [0.05, 0.1) is 12.1 Å². The number of carboxylic acids is 1. The van der Waals surface area contributed by atoms with E-state index in [9.17, 15) is 4.79 Å². The predicted octanol–water partition coefficient (Wildman–Crippen LogP) is 5.74. The molecule has 0 unspecified atom stereocenters. The van der Waals surface area contributed by atoms with Crippen molar-refractivity contribution in [2.75, 3.05) is 7.11 Å². The van der Waals surface area contributed by atoms with E-state index in [1.807, 2.05) is 39.8 Å². The zero-order chi connectivity index (χ0) is 18.3. The van der Waals surface area contributed by atoms with Crippen LogP contribution >= 0.6 is 11.6 Å². The van der Waals surface area contributed by atoms with Crippen LogP contribution in [0.15, 0.2) is 35.4 Å². The van der Waals surface area contributed by atoms with Gasteiger partial charge in [0.1, 0.15) is 5.75 Å². The van der Waals surface area contributed by atoms with Crippen molar-refractivity contribution in [2.45, 2.75) is 40.5 Å². The highest BCUT2D eigenvalue weighted by molar-refractivity contribution is 6.33. The maximum Gasteiger partial charge on any atom is 0.328 e. The lowest BCUT2D eigenvalue weighted by Gasteiger charge is -2.12. The minimum Gasteiger partial charge on any atom is -0.495 e. The number of methoxy groups -OCH3 is 1. The monoisotopic (exact) mass is 348 g/mol. The first-order chi connectivity index (χ1) is 11.3. The summed E-state index contributed by atoms with van der Waals surface area (Å²) in [4.78, 5) is 10.6. The van der Waals surface area contributed by atoms with Gasteiger partial charge >= 0.3 is 5.97 Å². The Morgan fingerprint density at radius 1 is 1.33 bits per heavy atom. The summed E-state index contributed by atoms with van der Waals surface area (Å²) in [6, 6.07) is 1.94. The van der Waals surface area contributed by atoms with E-state index in [1.54, 1.807) is 7.11 Å². The number of allylic oxidation sites excluding steroid dienone is 4. The van der Waals surface area contributed by atoms with Gasteiger partial charge in [0.25, 0.3) is 0 Å². The van der Waals surface area contributed by atoms with Crippen molar-refractivity contribution in [3.05, 3.63) is 57.2 Å². The molecule has 1 rings (SSSR count). The van der Waals surface area contributed by atoms with E-state index in [0.29, 0.717) is 10.8 Å². The molecule has 0 radical (unpaired) electrons. The molecule has 3 nitrogen and oxygen atoms in total. The molecule has 0 spiro atoms. The smallest absolute Gasteiger partial charge is 0.328 e. The Hall–Kier alpha value is -2.00. The van der Waals surface area contributed by atoms with E-state index in [2.05, 4.69) is 12.2 Å². The molecule has 4 heteroatoms. The number of aryl methyl sites for hydroxylation is 1. The highest BCUT2D eigenvalue weighted by Crippen LogP contribution is 2.33. The molecule has 0 aliphatic rings. The molecule has 0 aliphatic heterocycles. The summed E-state index contributed by atoms with van der Waals surface area (Å²) in [6.45, 7) is 7.88. The predicted molar refractivity (Wildman–Crippen MR) is 101 cm³/mol. The van der Waals surface area contributed by atoms with Crippen LogP contribution in [0.25, 0.3) is 6.08 Å². The van der Waals surface area contributed by atoms with Crippen molar-refractivity contribution in [1.82, 2.24) is 0 Å². The van der Waals surface area contributed by atoms with Crippen molar-refractivity contribution >= 4 is 23.6 Å². The zero-order valence-electron chi connectivity index (χ0n) is 14.9. The van der Waals surface area contributed by atoms with Crippen LogP contribution < -0.4 is 4.74 Å². The third kappa shape index (κ3) is 5.89. The highest BCUT2D eigenvalue weighted by atomic mass is 35.5. The van der Waals surface area contributed by atoms with Gasteiger partial charge in [-0.2, -0.15) is 0 Å². The summed E-state index contributed by atoms with van der Waals surface area (Å²) in [5, 5.41) is 9.33. The van der Waals surface area contributed by atoms with E-state index in [0.717, 1.165) is 40.7 Å². The summed E-state index contributed by atoms with van der Waals surface area (Å²) in [5.41, 5.74) is 5.19. The number of hydrogen-bond donors (Lipinski definition) is 1. The molecular formula is C20H25ClO3. The third-order valence-corrected chi connectivity index (χ3v) is 4.30. The molecule has 24 heavy (non-hydrogen) atoms. The maximum absolute atomic E-state index is 10.6. The standard InChI is InChI=1S/C20H25ClO3/c1-13(7-6-8-14(2)11-19(22)23)9-10-17-15(3)12-18(24-5)20(21)16(17)4/h7,9-12H,6,8H2,1-5H3,(H,22,23). The largest absolute Gasteiger partial charge is 0.495 e. The summed E-state index contributed by atoms with van der Waals surface area (Å²) >= 11 is 6.32. The SMILES string of the molecule is COc1cc(C)c(C=CC(C)=CCCC(C)=CC(=O)O)c(C)c1Cl. The summed E-state index contributed by atoms with van der Waals surface area (Å²) in [5.74, 6) is -0.202. The molecular weight excluding hydrogens is 324 g/mol. The van der Waals surface area contributed by atoms with E-state index in [1.165, 1.54) is 6.08 Å². The van der Waals surface area contributed by atoms with E-state index in [4.69, 9.17) is 21.4 Å². The van der Waals surface area contributed by atoms with Crippen LogP contribution in [-0.4, -0.2) is 18.2 Å². The van der Waals surface area contributed by atoms with Gasteiger partial charge < -0.3 is 9.84 Å². The lowest BCUT2D eigenvalue weighted by molar-refractivity contribution is -0.131. The molecule has 130 valence electrons. The summed E-state index contributed by atoms with van der Waals surface area (Å²) in [6.07, 6.45) is 9.02. The molecule has 0 fully saturated rings. The average Bonchev–Trinajstić information content (AvgIpc) is 2.50. The van der Waals surface area contributed by atoms with Gasteiger partial charge in [-0.3, -0.25) is 0 Å². The van der Waals surface area contributed by atoms with Crippen LogP contribution in [0.4, 0.5) is 0 Å². The maximum atomic E-state index is 10.6. The molecule has 0 amide bonds. The van der Waals surface area contributed by atoms with Crippen LogP contribution in [0.3, 0.4) is 0 Å². The summed E-state index contributed by atoms with van der Waals surface area (Å²) in [7, 11) is 1.61. The normalized spacial score (nSPS) is 12.8. The first kappa shape index (κ1) is 20.0. The first-order valence-corrected chi connectivity index (χ1v) is 8.22. The van der Waals surface area contributed by atoms with Crippen LogP contribution in [0, 0.1) is 13.8 Å². The molecule has 1 aromatic carbocycles. The molecule has 1 N–H and O–H groups in total. The number of benzene rings is 1. The van der Waals surface area contributed by atoms with Gasteiger partial charge in [-0.1, -0.05) is 41.0 Å². The Balaban J connectivity index is 2.84. The number of rotatable bonds is 7. The van der Waals surface area contributed by atoms with Crippen LogP contribution in [-0.2, 0) is 4.79 Å². The molecule has 0 atom stereocenters. The van der Waals surface area contributed by atoms with Crippen molar-refractivity contribution in [3.63, 3.8) is 0 Å². The Bertz CT molecular complexity index is 697. The Morgan fingerprint density at radius 2 is 2.00 bits per heavy atom. The number of ether oxygens (including phenoxy) is 1. The van der Waals surface area contributed by atoms with Gasteiger partial charge in [0, 0.05) is 6.08 Å². The fourth-order valence-corrected chi connectivity index (χ4v) is 2.67. The molecule has 0 bridgehead atoms.